The second-order valence-electron chi connectivity index (χ2n) is 6.76. The fraction of sp³-hybridized carbons (Fsp3) is 0.368. The highest BCUT2D eigenvalue weighted by atomic mass is 16.6. The van der Waals surface area contributed by atoms with Gasteiger partial charge in [0.15, 0.2) is 0 Å². The van der Waals surface area contributed by atoms with Crippen molar-refractivity contribution in [2.45, 2.75) is 20.4 Å². The van der Waals surface area contributed by atoms with Crippen LogP contribution in [0.15, 0.2) is 36.4 Å². The number of nitrogens with zero attached hydrogens (tertiary/aromatic N) is 2. The van der Waals surface area contributed by atoms with Gasteiger partial charge >= 0.3 is 0 Å². The van der Waals surface area contributed by atoms with Crippen molar-refractivity contribution in [3.05, 3.63) is 63.2 Å². The molecule has 25 heavy (non-hydrogen) atoms. The van der Waals surface area contributed by atoms with Crippen LogP contribution in [0, 0.1) is 24.0 Å². The summed E-state index contributed by atoms with van der Waals surface area (Å²) in [6.45, 7) is 8.82. The van der Waals surface area contributed by atoms with Gasteiger partial charge in [-0.3, -0.25) is 10.1 Å². The van der Waals surface area contributed by atoms with E-state index in [1.807, 2.05) is 0 Å². The summed E-state index contributed by atoms with van der Waals surface area (Å²) in [5, 5.41) is 22.4. The lowest BCUT2D eigenvalue weighted by molar-refractivity contribution is -0.914. The number of aryl methyl sites for hydroxylation is 2. The van der Waals surface area contributed by atoms with Crippen molar-refractivity contribution in [1.29, 1.82) is 0 Å². The van der Waals surface area contributed by atoms with E-state index in [2.05, 4.69) is 36.9 Å². The third-order valence-corrected chi connectivity index (χ3v) is 4.85. The van der Waals surface area contributed by atoms with Gasteiger partial charge in [0.2, 0.25) is 0 Å². The number of piperazine rings is 1. The second-order valence-corrected chi connectivity index (χ2v) is 6.76. The maximum Gasteiger partial charge on any atom is 0.262 e. The minimum absolute atomic E-state index is 0.328. The molecular formula is C19H23N3O3. The van der Waals surface area contributed by atoms with Gasteiger partial charge in [-0.25, -0.2) is 0 Å². The maximum absolute atomic E-state index is 11.5. The SMILES string of the molecule is Cc1ccc(C)c(N2CC[NH+](Cc3ccc([O-])c([N+](=O)[O-])c3)CC2)c1. The average Bonchev–Trinajstić information content (AvgIpc) is 2.59. The van der Waals surface area contributed by atoms with Crippen molar-refractivity contribution in [1.82, 2.24) is 0 Å². The molecule has 0 aliphatic carbocycles. The minimum atomic E-state index is -0.598. The summed E-state index contributed by atoms with van der Waals surface area (Å²) >= 11 is 0. The molecular weight excluding hydrogens is 318 g/mol. The quantitative estimate of drug-likeness (QED) is 0.670. The number of benzene rings is 2. The maximum atomic E-state index is 11.5. The summed E-state index contributed by atoms with van der Waals surface area (Å²) < 4.78 is 0. The first kappa shape index (κ1) is 17.2. The van der Waals surface area contributed by atoms with Crippen LogP contribution in [-0.2, 0) is 6.54 Å². The van der Waals surface area contributed by atoms with Crippen LogP contribution in [0.25, 0.3) is 0 Å². The van der Waals surface area contributed by atoms with Gasteiger partial charge in [-0.05, 0) is 36.8 Å². The number of nitrogens with one attached hydrogen (secondary N) is 1. The molecule has 1 heterocycles. The fourth-order valence-electron chi connectivity index (χ4n) is 3.41. The van der Waals surface area contributed by atoms with Gasteiger partial charge in [0.05, 0.1) is 31.1 Å². The van der Waals surface area contributed by atoms with Crippen LogP contribution >= 0.6 is 0 Å². The molecule has 0 spiro atoms. The highest BCUT2D eigenvalue weighted by molar-refractivity contribution is 5.55. The molecule has 1 N–H and O–H groups in total. The van der Waals surface area contributed by atoms with Crippen LogP contribution in [0.1, 0.15) is 16.7 Å². The van der Waals surface area contributed by atoms with Gasteiger partial charge in [0.25, 0.3) is 5.69 Å². The molecule has 1 aliphatic heterocycles. The van der Waals surface area contributed by atoms with Gasteiger partial charge in [-0.2, -0.15) is 0 Å². The van der Waals surface area contributed by atoms with Crippen molar-refractivity contribution in [3.63, 3.8) is 0 Å². The first-order valence-corrected chi connectivity index (χ1v) is 8.54. The molecule has 0 saturated carbocycles. The molecule has 1 fully saturated rings. The zero-order chi connectivity index (χ0) is 18.0. The molecule has 1 aliphatic rings. The van der Waals surface area contributed by atoms with E-state index in [4.69, 9.17) is 0 Å². The highest BCUT2D eigenvalue weighted by Crippen LogP contribution is 2.24. The van der Waals surface area contributed by atoms with Gasteiger partial charge in [-0.1, -0.05) is 24.3 Å². The Morgan fingerprint density at radius 1 is 1.12 bits per heavy atom. The number of hydrogen-bond donors (Lipinski definition) is 1. The summed E-state index contributed by atoms with van der Waals surface area (Å²) in [4.78, 5) is 14.1. The van der Waals surface area contributed by atoms with Gasteiger partial charge in [0, 0.05) is 17.3 Å². The molecule has 0 bridgehead atoms. The van der Waals surface area contributed by atoms with Crippen LogP contribution in [0.4, 0.5) is 11.4 Å². The van der Waals surface area contributed by atoms with Crippen molar-refractivity contribution >= 4 is 11.4 Å². The van der Waals surface area contributed by atoms with Crippen molar-refractivity contribution in [2.24, 2.45) is 0 Å². The Labute approximate surface area is 147 Å². The zero-order valence-corrected chi connectivity index (χ0v) is 14.6. The molecule has 0 unspecified atom stereocenters. The summed E-state index contributed by atoms with van der Waals surface area (Å²) in [7, 11) is 0. The summed E-state index contributed by atoms with van der Waals surface area (Å²) in [5.41, 5.74) is 4.37. The summed E-state index contributed by atoms with van der Waals surface area (Å²) in [6, 6.07) is 11.0. The van der Waals surface area contributed by atoms with E-state index in [9.17, 15) is 15.2 Å². The Morgan fingerprint density at radius 3 is 2.52 bits per heavy atom. The Morgan fingerprint density at radius 2 is 1.84 bits per heavy atom. The number of rotatable bonds is 4. The average molecular weight is 341 g/mol. The predicted octanol–water partition coefficient (Wildman–Crippen LogP) is 1.19. The molecule has 2 aromatic carbocycles. The van der Waals surface area contributed by atoms with Crippen LogP contribution in [0.5, 0.6) is 5.75 Å². The lowest BCUT2D eigenvalue weighted by Crippen LogP contribution is -3.13. The molecule has 0 amide bonds. The summed E-state index contributed by atoms with van der Waals surface area (Å²) in [5.74, 6) is -0.525. The van der Waals surface area contributed by atoms with E-state index < -0.39 is 10.7 Å². The van der Waals surface area contributed by atoms with E-state index in [-0.39, 0.29) is 5.69 Å². The van der Waals surface area contributed by atoms with E-state index in [0.717, 1.165) is 31.7 Å². The van der Waals surface area contributed by atoms with Gasteiger partial charge in [-0.15, -0.1) is 0 Å². The Hall–Kier alpha value is -2.60. The third kappa shape index (κ3) is 3.91. The molecule has 6 heteroatoms. The van der Waals surface area contributed by atoms with Crippen molar-refractivity contribution in [2.75, 3.05) is 31.1 Å². The number of anilines is 1. The molecule has 0 aromatic heterocycles. The van der Waals surface area contributed by atoms with E-state index in [1.54, 1.807) is 6.07 Å². The van der Waals surface area contributed by atoms with Crippen LogP contribution in [0.3, 0.4) is 0 Å². The first-order chi connectivity index (χ1) is 11.9. The Kier molecular flexibility index (Phi) is 4.90. The van der Waals surface area contributed by atoms with Gasteiger partial charge < -0.3 is 14.9 Å². The van der Waals surface area contributed by atoms with Crippen LogP contribution in [0.2, 0.25) is 0 Å². The van der Waals surface area contributed by atoms with E-state index >= 15 is 0 Å². The molecule has 0 atom stereocenters. The molecule has 2 aromatic rings. The molecule has 6 nitrogen and oxygen atoms in total. The van der Waals surface area contributed by atoms with Gasteiger partial charge in [0.1, 0.15) is 6.54 Å². The lowest BCUT2D eigenvalue weighted by atomic mass is 10.1. The number of nitro benzene ring substituents is 1. The molecule has 0 radical (unpaired) electrons. The van der Waals surface area contributed by atoms with E-state index in [0.29, 0.717) is 6.54 Å². The predicted molar refractivity (Wildman–Crippen MR) is 95.1 cm³/mol. The second kappa shape index (κ2) is 7.11. The molecule has 132 valence electrons. The molecule has 1 saturated heterocycles. The lowest BCUT2D eigenvalue weighted by Gasteiger charge is -2.34. The number of hydrogen-bond acceptors (Lipinski definition) is 4. The smallest absolute Gasteiger partial charge is 0.262 e. The topological polar surface area (TPSA) is 73.9 Å². The first-order valence-electron chi connectivity index (χ1n) is 8.54. The minimum Gasteiger partial charge on any atom is -0.868 e. The monoisotopic (exact) mass is 341 g/mol. The zero-order valence-electron chi connectivity index (χ0n) is 14.6. The highest BCUT2D eigenvalue weighted by Gasteiger charge is 2.22. The third-order valence-electron chi connectivity index (χ3n) is 4.85. The van der Waals surface area contributed by atoms with Crippen molar-refractivity contribution < 1.29 is 14.9 Å². The van der Waals surface area contributed by atoms with Crippen LogP contribution < -0.4 is 14.9 Å². The largest absolute Gasteiger partial charge is 0.868 e. The number of nitro groups is 1. The van der Waals surface area contributed by atoms with Crippen LogP contribution in [-0.4, -0.2) is 31.1 Å². The fourth-order valence-corrected chi connectivity index (χ4v) is 3.41. The summed E-state index contributed by atoms with van der Waals surface area (Å²) in [6.07, 6.45) is 0. The Bertz CT molecular complexity index is 783. The standard InChI is InChI=1S/C19H23N3O3/c1-14-3-4-15(2)17(11-14)21-9-7-20(8-10-21)13-16-5-6-19(23)18(12-16)22(24)25/h3-6,11-12,23H,7-10,13H2,1-2H3. The van der Waals surface area contributed by atoms with Crippen molar-refractivity contribution in [3.8, 4) is 5.75 Å². The molecule has 3 rings (SSSR count). The normalized spacial score (nSPS) is 15.4. The van der Waals surface area contributed by atoms with E-state index in [1.165, 1.54) is 33.8 Å². The number of quaternary nitrogens is 1. The Balaban J connectivity index is 1.64.